The fourth-order valence-electron chi connectivity index (χ4n) is 3.14. The number of amides is 1. The lowest BCUT2D eigenvalue weighted by Gasteiger charge is -2.31. The Balaban J connectivity index is 1.43. The molecule has 0 radical (unpaired) electrons. The third-order valence-corrected chi connectivity index (χ3v) is 4.44. The fourth-order valence-corrected chi connectivity index (χ4v) is 3.14. The summed E-state index contributed by atoms with van der Waals surface area (Å²) in [6, 6.07) is 0. The number of hydrogen-bond acceptors (Lipinski definition) is 7. The maximum atomic E-state index is 12.5. The molecule has 2 aliphatic rings. The van der Waals surface area contributed by atoms with E-state index in [0.717, 1.165) is 58.8 Å². The standard InChI is InChI=1S/C15H26N6O3/c22-15(3-1-5-21-13-16-17-18-21)20-4-2-8-24-14(12-20)11-19-6-9-23-10-7-19/h13-14H,1-12H2/t14-/m1/s1. The van der Waals surface area contributed by atoms with Crippen LogP contribution in [0.5, 0.6) is 0 Å². The van der Waals surface area contributed by atoms with Gasteiger partial charge in [0.1, 0.15) is 6.33 Å². The first kappa shape index (κ1) is 17.2. The van der Waals surface area contributed by atoms with E-state index in [1.165, 1.54) is 0 Å². The topological polar surface area (TPSA) is 85.6 Å². The number of morpholine rings is 1. The number of tetrazole rings is 1. The summed E-state index contributed by atoms with van der Waals surface area (Å²) in [7, 11) is 0. The third-order valence-electron chi connectivity index (χ3n) is 4.44. The molecule has 0 aromatic carbocycles. The van der Waals surface area contributed by atoms with Crippen LogP contribution in [0.4, 0.5) is 0 Å². The van der Waals surface area contributed by atoms with E-state index in [1.807, 2.05) is 4.90 Å². The molecular formula is C15H26N6O3. The SMILES string of the molecule is O=C(CCCn1cnnn1)N1CCCO[C@H](CN2CCOCC2)C1. The Labute approximate surface area is 141 Å². The highest BCUT2D eigenvalue weighted by atomic mass is 16.5. The molecule has 24 heavy (non-hydrogen) atoms. The molecule has 0 bridgehead atoms. The van der Waals surface area contributed by atoms with Crippen molar-refractivity contribution in [1.82, 2.24) is 30.0 Å². The van der Waals surface area contributed by atoms with Crippen LogP contribution in [0.25, 0.3) is 0 Å². The lowest BCUT2D eigenvalue weighted by molar-refractivity contribution is -0.132. The van der Waals surface area contributed by atoms with Crippen LogP contribution >= 0.6 is 0 Å². The Kier molecular flexibility index (Phi) is 6.50. The van der Waals surface area contributed by atoms with Crippen LogP contribution in [0.2, 0.25) is 0 Å². The molecule has 0 N–H and O–H groups in total. The Hall–Kier alpha value is -1.58. The number of aryl methyl sites for hydroxylation is 1. The quantitative estimate of drug-likeness (QED) is 0.685. The second-order valence-electron chi connectivity index (χ2n) is 6.28. The van der Waals surface area contributed by atoms with Crippen LogP contribution in [0, 0.1) is 0 Å². The van der Waals surface area contributed by atoms with Crippen molar-refractivity contribution in [1.29, 1.82) is 0 Å². The normalized spacial score (nSPS) is 23.2. The number of carbonyl (C=O) groups excluding carboxylic acids is 1. The van der Waals surface area contributed by atoms with E-state index in [9.17, 15) is 4.79 Å². The van der Waals surface area contributed by atoms with Crippen LogP contribution in [-0.4, -0.2) is 94.6 Å². The van der Waals surface area contributed by atoms with Crippen molar-refractivity contribution in [3.05, 3.63) is 6.33 Å². The maximum absolute atomic E-state index is 12.5. The van der Waals surface area contributed by atoms with Crippen LogP contribution in [0.15, 0.2) is 6.33 Å². The molecule has 2 aliphatic heterocycles. The Bertz CT molecular complexity index is 491. The fraction of sp³-hybridized carbons (Fsp3) is 0.867. The van der Waals surface area contributed by atoms with Gasteiger partial charge in [-0.2, -0.15) is 0 Å². The second kappa shape index (κ2) is 9.05. The molecule has 134 valence electrons. The number of hydrogen-bond donors (Lipinski definition) is 0. The molecule has 1 aromatic rings. The van der Waals surface area contributed by atoms with E-state index in [1.54, 1.807) is 11.0 Å². The minimum Gasteiger partial charge on any atom is -0.379 e. The summed E-state index contributed by atoms with van der Waals surface area (Å²) in [6.45, 7) is 7.18. The average molecular weight is 338 g/mol. The van der Waals surface area contributed by atoms with Crippen molar-refractivity contribution in [2.24, 2.45) is 0 Å². The largest absolute Gasteiger partial charge is 0.379 e. The van der Waals surface area contributed by atoms with Gasteiger partial charge < -0.3 is 14.4 Å². The van der Waals surface area contributed by atoms with Crippen LogP contribution in [0.1, 0.15) is 19.3 Å². The van der Waals surface area contributed by atoms with Gasteiger partial charge in [-0.15, -0.1) is 5.10 Å². The summed E-state index contributed by atoms with van der Waals surface area (Å²) in [4.78, 5) is 16.8. The molecular weight excluding hydrogens is 312 g/mol. The van der Waals surface area contributed by atoms with Gasteiger partial charge in [0.05, 0.1) is 19.3 Å². The maximum Gasteiger partial charge on any atom is 0.222 e. The van der Waals surface area contributed by atoms with Gasteiger partial charge in [-0.1, -0.05) is 0 Å². The van der Waals surface area contributed by atoms with Gasteiger partial charge in [0.25, 0.3) is 0 Å². The monoisotopic (exact) mass is 338 g/mol. The zero-order valence-electron chi connectivity index (χ0n) is 14.0. The molecule has 1 atom stereocenters. The van der Waals surface area contributed by atoms with Crippen molar-refractivity contribution >= 4 is 5.91 Å². The average Bonchev–Trinajstić information content (AvgIpc) is 3.01. The molecule has 0 spiro atoms. The number of nitrogens with zero attached hydrogens (tertiary/aromatic N) is 6. The molecule has 9 heteroatoms. The molecule has 2 saturated heterocycles. The van der Waals surface area contributed by atoms with Crippen molar-refractivity contribution < 1.29 is 14.3 Å². The first-order valence-corrected chi connectivity index (χ1v) is 8.71. The minimum absolute atomic E-state index is 0.0917. The molecule has 1 amide bonds. The van der Waals surface area contributed by atoms with Crippen molar-refractivity contribution in [3.63, 3.8) is 0 Å². The van der Waals surface area contributed by atoms with E-state index in [4.69, 9.17) is 9.47 Å². The molecule has 1 aromatic heterocycles. The molecule has 3 rings (SSSR count). The van der Waals surface area contributed by atoms with E-state index in [0.29, 0.717) is 19.5 Å². The van der Waals surface area contributed by atoms with Gasteiger partial charge in [0.15, 0.2) is 0 Å². The van der Waals surface area contributed by atoms with Gasteiger partial charge in [-0.05, 0) is 23.3 Å². The first-order valence-electron chi connectivity index (χ1n) is 8.71. The molecule has 3 heterocycles. The highest BCUT2D eigenvalue weighted by molar-refractivity contribution is 5.76. The molecule has 2 fully saturated rings. The summed E-state index contributed by atoms with van der Waals surface area (Å²) < 4.78 is 13.0. The van der Waals surface area contributed by atoms with Gasteiger partial charge in [0, 0.05) is 52.3 Å². The zero-order valence-corrected chi connectivity index (χ0v) is 14.0. The van der Waals surface area contributed by atoms with Crippen LogP contribution < -0.4 is 0 Å². The van der Waals surface area contributed by atoms with E-state index >= 15 is 0 Å². The van der Waals surface area contributed by atoms with Gasteiger partial charge in [-0.3, -0.25) is 9.69 Å². The van der Waals surface area contributed by atoms with E-state index in [2.05, 4.69) is 20.4 Å². The summed E-state index contributed by atoms with van der Waals surface area (Å²) in [5, 5.41) is 11.0. The van der Waals surface area contributed by atoms with Crippen LogP contribution in [0.3, 0.4) is 0 Å². The second-order valence-corrected chi connectivity index (χ2v) is 6.28. The molecule has 0 saturated carbocycles. The highest BCUT2D eigenvalue weighted by Crippen LogP contribution is 2.11. The third kappa shape index (κ3) is 5.22. The summed E-state index contributed by atoms with van der Waals surface area (Å²) in [5.41, 5.74) is 0. The first-order chi connectivity index (χ1) is 11.8. The smallest absolute Gasteiger partial charge is 0.222 e. The summed E-state index contributed by atoms with van der Waals surface area (Å²) in [5.74, 6) is 0.195. The number of ether oxygens (including phenoxy) is 2. The van der Waals surface area contributed by atoms with Crippen molar-refractivity contribution in [2.75, 3.05) is 52.5 Å². The minimum atomic E-state index is 0.0917. The Morgan fingerprint density at radius 2 is 2.08 bits per heavy atom. The van der Waals surface area contributed by atoms with E-state index in [-0.39, 0.29) is 12.0 Å². The number of rotatable bonds is 6. The predicted molar refractivity (Wildman–Crippen MR) is 85.2 cm³/mol. The van der Waals surface area contributed by atoms with Gasteiger partial charge in [0.2, 0.25) is 5.91 Å². The van der Waals surface area contributed by atoms with Gasteiger partial charge >= 0.3 is 0 Å². The lowest BCUT2D eigenvalue weighted by atomic mass is 10.2. The Morgan fingerprint density at radius 3 is 2.88 bits per heavy atom. The highest BCUT2D eigenvalue weighted by Gasteiger charge is 2.24. The van der Waals surface area contributed by atoms with Crippen LogP contribution in [-0.2, 0) is 20.8 Å². The lowest BCUT2D eigenvalue weighted by Crippen LogP contribution is -2.45. The molecule has 9 nitrogen and oxygen atoms in total. The summed E-state index contributed by atoms with van der Waals surface area (Å²) >= 11 is 0. The van der Waals surface area contributed by atoms with Crippen molar-refractivity contribution in [3.8, 4) is 0 Å². The zero-order chi connectivity index (χ0) is 16.6. The van der Waals surface area contributed by atoms with Gasteiger partial charge in [-0.25, -0.2) is 4.68 Å². The van der Waals surface area contributed by atoms with Crippen molar-refractivity contribution in [2.45, 2.75) is 31.9 Å². The Morgan fingerprint density at radius 1 is 1.21 bits per heavy atom. The van der Waals surface area contributed by atoms with E-state index < -0.39 is 0 Å². The summed E-state index contributed by atoms with van der Waals surface area (Å²) in [6.07, 6.45) is 3.83. The predicted octanol–water partition coefficient (Wildman–Crippen LogP) is -0.597. The molecule has 0 unspecified atom stereocenters. The number of carbonyl (C=O) groups is 1. The molecule has 0 aliphatic carbocycles. The number of aromatic nitrogens is 4.